The molecular weight excluding hydrogens is 358 g/mol. The Balaban J connectivity index is 2.49. The van der Waals surface area contributed by atoms with Crippen molar-refractivity contribution in [3.63, 3.8) is 0 Å². The highest BCUT2D eigenvalue weighted by molar-refractivity contribution is 9.10. The van der Waals surface area contributed by atoms with Crippen LogP contribution in [0.15, 0.2) is 27.6 Å². The summed E-state index contributed by atoms with van der Waals surface area (Å²) in [5, 5.41) is 9.05. The molecule has 1 heterocycles. The van der Waals surface area contributed by atoms with Gasteiger partial charge in [-0.1, -0.05) is 13.8 Å². The summed E-state index contributed by atoms with van der Waals surface area (Å²) in [6.07, 6.45) is 1.67. The Morgan fingerprint density at radius 2 is 2.10 bits per heavy atom. The second-order valence-corrected chi connectivity index (χ2v) is 8.23. The molecule has 0 spiro atoms. The van der Waals surface area contributed by atoms with E-state index in [9.17, 15) is 13.2 Å². The zero-order chi connectivity index (χ0) is 15.8. The number of nitrogens with zero attached hydrogens (tertiary/aromatic N) is 1. The van der Waals surface area contributed by atoms with Gasteiger partial charge in [-0.3, -0.25) is 0 Å². The fraction of sp³-hybridized carbons (Fsp3) is 0.500. The van der Waals surface area contributed by atoms with Crippen LogP contribution in [0.5, 0.6) is 0 Å². The van der Waals surface area contributed by atoms with Crippen molar-refractivity contribution in [3.8, 4) is 0 Å². The molecule has 0 bridgehead atoms. The molecule has 0 aliphatic carbocycles. The minimum atomic E-state index is -3.70. The van der Waals surface area contributed by atoms with E-state index in [0.29, 0.717) is 11.0 Å². The lowest BCUT2D eigenvalue weighted by molar-refractivity contribution is 0.0696. The van der Waals surface area contributed by atoms with Crippen molar-refractivity contribution >= 4 is 31.9 Å². The SMILES string of the molecule is CC(C)C1CCCN1S(=O)(=O)c1cc(C(=O)O)ccc1Br. The predicted molar refractivity (Wildman–Crippen MR) is 82.9 cm³/mol. The number of aromatic carboxylic acids is 1. The van der Waals surface area contributed by atoms with Crippen molar-refractivity contribution in [2.75, 3.05) is 6.54 Å². The van der Waals surface area contributed by atoms with E-state index in [4.69, 9.17) is 5.11 Å². The Bertz CT molecular complexity index is 657. The third-order valence-corrected chi connectivity index (χ3v) is 6.70. The maximum Gasteiger partial charge on any atom is 0.335 e. The summed E-state index contributed by atoms with van der Waals surface area (Å²) >= 11 is 3.22. The second kappa shape index (κ2) is 6.06. The van der Waals surface area contributed by atoms with E-state index in [-0.39, 0.29) is 22.4 Å². The van der Waals surface area contributed by atoms with Crippen molar-refractivity contribution in [2.45, 2.75) is 37.6 Å². The molecule has 1 aliphatic rings. The van der Waals surface area contributed by atoms with Crippen LogP contribution in [0.25, 0.3) is 0 Å². The van der Waals surface area contributed by atoms with Gasteiger partial charge >= 0.3 is 5.97 Å². The third-order valence-electron chi connectivity index (χ3n) is 3.78. The summed E-state index contributed by atoms with van der Waals surface area (Å²) in [5.74, 6) is -0.913. The molecule has 1 aliphatic heterocycles. The number of carboxylic acids is 1. The molecule has 116 valence electrons. The van der Waals surface area contributed by atoms with Gasteiger partial charge in [-0.25, -0.2) is 13.2 Å². The first-order valence-corrected chi connectivity index (χ1v) is 9.03. The first kappa shape index (κ1) is 16.5. The lowest BCUT2D eigenvalue weighted by Gasteiger charge is -2.27. The summed E-state index contributed by atoms with van der Waals surface area (Å²) in [5.41, 5.74) is -0.0305. The number of carbonyl (C=O) groups is 1. The van der Waals surface area contributed by atoms with Crippen molar-refractivity contribution in [1.29, 1.82) is 0 Å². The van der Waals surface area contributed by atoms with Crippen LogP contribution < -0.4 is 0 Å². The molecule has 1 fully saturated rings. The van der Waals surface area contributed by atoms with Gasteiger partial charge in [0, 0.05) is 17.1 Å². The highest BCUT2D eigenvalue weighted by Crippen LogP contribution is 2.33. The van der Waals surface area contributed by atoms with Crippen LogP contribution in [0, 0.1) is 5.92 Å². The average Bonchev–Trinajstić information content (AvgIpc) is 2.88. The van der Waals surface area contributed by atoms with Gasteiger partial charge in [-0.05, 0) is 52.9 Å². The number of rotatable bonds is 4. The molecule has 1 atom stereocenters. The van der Waals surface area contributed by atoms with Crippen LogP contribution in [0.3, 0.4) is 0 Å². The van der Waals surface area contributed by atoms with Gasteiger partial charge < -0.3 is 5.11 Å². The number of halogens is 1. The molecule has 1 saturated heterocycles. The van der Waals surface area contributed by atoms with Gasteiger partial charge in [0.25, 0.3) is 0 Å². The molecule has 1 N–H and O–H groups in total. The number of hydrogen-bond donors (Lipinski definition) is 1. The fourth-order valence-electron chi connectivity index (χ4n) is 2.69. The second-order valence-electron chi connectivity index (χ2n) is 5.52. The first-order chi connectivity index (χ1) is 9.75. The quantitative estimate of drug-likeness (QED) is 0.877. The Hall–Kier alpha value is -0.920. The molecule has 1 unspecified atom stereocenters. The Labute approximate surface area is 133 Å². The molecular formula is C14H18BrNO4S. The average molecular weight is 376 g/mol. The molecule has 0 amide bonds. The largest absolute Gasteiger partial charge is 0.478 e. The molecule has 2 rings (SSSR count). The van der Waals surface area contributed by atoms with E-state index < -0.39 is 16.0 Å². The van der Waals surface area contributed by atoms with E-state index >= 15 is 0 Å². The summed E-state index contributed by atoms with van der Waals surface area (Å²) in [6, 6.07) is 4.04. The highest BCUT2D eigenvalue weighted by Gasteiger charge is 2.37. The summed E-state index contributed by atoms with van der Waals surface area (Å²) in [4.78, 5) is 11.1. The number of carboxylic acid groups (broad SMARTS) is 1. The van der Waals surface area contributed by atoms with E-state index in [0.717, 1.165) is 12.8 Å². The van der Waals surface area contributed by atoms with Crippen LogP contribution in [-0.2, 0) is 10.0 Å². The summed E-state index contributed by atoms with van der Waals surface area (Å²) < 4.78 is 27.6. The Morgan fingerprint density at radius 1 is 1.43 bits per heavy atom. The monoisotopic (exact) mass is 375 g/mol. The standard InChI is InChI=1S/C14H18BrNO4S/c1-9(2)12-4-3-7-16(12)21(19,20)13-8-10(14(17)18)5-6-11(13)15/h5-6,8-9,12H,3-4,7H2,1-2H3,(H,17,18). The van der Waals surface area contributed by atoms with E-state index in [1.54, 1.807) is 0 Å². The normalized spacial score (nSPS) is 20.1. The Morgan fingerprint density at radius 3 is 2.67 bits per heavy atom. The lowest BCUT2D eigenvalue weighted by atomic mass is 10.0. The molecule has 0 radical (unpaired) electrons. The minimum absolute atomic E-state index is 0.0231. The first-order valence-electron chi connectivity index (χ1n) is 6.80. The smallest absolute Gasteiger partial charge is 0.335 e. The molecule has 5 nitrogen and oxygen atoms in total. The molecule has 1 aromatic carbocycles. The zero-order valence-corrected chi connectivity index (χ0v) is 14.3. The fourth-order valence-corrected chi connectivity index (χ4v) is 5.47. The number of sulfonamides is 1. The molecule has 7 heteroatoms. The van der Waals surface area contributed by atoms with Crippen molar-refractivity contribution in [3.05, 3.63) is 28.2 Å². The molecule has 1 aromatic rings. The maximum absolute atomic E-state index is 12.8. The van der Waals surface area contributed by atoms with Gasteiger partial charge in [0.1, 0.15) is 0 Å². The number of benzene rings is 1. The van der Waals surface area contributed by atoms with E-state index in [2.05, 4.69) is 15.9 Å². The topological polar surface area (TPSA) is 74.7 Å². The van der Waals surface area contributed by atoms with Crippen molar-refractivity contribution in [1.82, 2.24) is 4.31 Å². The maximum atomic E-state index is 12.8. The lowest BCUT2D eigenvalue weighted by Crippen LogP contribution is -2.38. The highest BCUT2D eigenvalue weighted by atomic mass is 79.9. The minimum Gasteiger partial charge on any atom is -0.478 e. The van der Waals surface area contributed by atoms with Crippen LogP contribution in [0.2, 0.25) is 0 Å². The van der Waals surface area contributed by atoms with Gasteiger partial charge in [0.2, 0.25) is 10.0 Å². The van der Waals surface area contributed by atoms with Gasteiger partial charge in [0.05, 0.1) is 10.5 Å². The molecule has 0 aromatic heterocycles. The van der Waals surface area contributed by atoms with Gasteiger partial charge in [-0.15, -0.1) is 0 Å². The summed E-state index contributed by atoms with van der Waals surface area (Å²) in [6.45, 7) is 4.48. The van der Waals surface area contributed by atoms with Crippen LogP contribution >= 0.6 is 15.9 Å². The molecule has 0 saturated carbocycles. The van der Waals surface area contributed by atoms with E-state index in [1.165, 1.54) is 22.5 Å². The third kappa shape index (κ3) is 3.14. The van der Waals surface area contributed by atoms with Gasteiger partial charge in [-0.2, -0.15) is 4.31 Å². The summed E-state index contributed by atoms with van der Waals surface area (Å²) in [7, 11) is -3.70. The zero-order valence-electron chi connectivity index (χ0n) is 11.9. The number of hydrogen-bond acceptors (Lipinski definition) is 3. The molecule has 21 heavy (non-hydrogen) atoms. The van der Waals surface area contributed by atoms with E-state index in [1.807, 2.05) is 13.8 Å². The van der Waals surface area contributed by atoms with Crippen LogP contribution in [0.1, 0.15) is 37.0 Å². The van der Waals surface area contributed by atoms with Crippen LogP contribution in [0.4, 0.5) is 0 Å². The Kier molecular flexibility index (Phi) is 4.75. The predicted octanol–water partition coefficient (Wildman–Crippen LogP) is 2.96. The van der Waals surface area contributed by atoms with Gasteiger partial charge in [0.15, 0.2) is 0 Å². The van der Waals surface area contributed by atoms with Crippen molar-refractivity contribution < 1.29 is 18.3 Å². The van der Waals surface area contributed by atoms with Crippen molar-refractivity contribution in [2.24, 2.45) is 5.92 Å². The van der Waals surface area contributed by atoms with Crippen LogP contribution in [-0.4, -0.2) is 36.4 Å².